The van der Waals surface area contributed by atoms with Crippen molar-refractivity contribution in [3.63, 3.8) is 0 Å². The monoisotopic (exact) mass is 382 g/mol. The number of piperidine rings is 1. The van der Waals surface area contributed by atoms with Crippen LogP contribution in [0.1, 0.15) is 40.7 Å². The number of aryl methyl sites for hydroxylation is 1. The molecular formula is C17H23ClN4O2S. The highest BCUT2D eigenvalue weighted by atomic mass is 35.5. The Balaban J connectivity index is 0.00000225. The van der Waals surface area contributed by atoms with Crippen LogP contribution in [0.15, 0.2) is 30.3 Å². The van der Waals surface area contributed by atoms with E-state index in [2.05, 4.69) is 20.2 Å². The fourth-order valence-electron chi connectivity index (χ4n) is 3.20. The SMILES string of the molecule is CCCc1nnsc1C(=O)N[C@]1(c2ccccc2)CCNC[C@H]1O.Cl. The lowest BCUT2D eigenvalue weighted by Gasteiger charge is -2.42. The van der Waals surface area contributed by atoms with Crippen molar-refractivity contribution in [3.8, 4) is 0 Å². The van der Waals surface area contributed by atoms with Gasteiger partial charge in [-0.2, -0.15) is 0 Å². The first-order chi connectivity index (χ1) is 11.7. The number of rotatable bonds is 5. The summed E-state index contributed by atoms with van der Waals surface area (Å²) in [4.78, 5) is 13.4. The van der Waals surface area contributed by atoms with Crippen LogP contribution in [-0.4, -0.2) is 39.8 Å². The highest BCUT2D eigenvalue weighted by molar-refractivity contribution is 7.08. The number of aromatic nitrogens is 2. The molecule has 0 saturated carbocycles. The maximum atomic E-state index is 12.9. The van der Waals surface area contributed by atoms with Crippen molar-refractivity contribution < 1.29 is 9.90 Å². The molecule has 0 aliphatic carbocycles. The van der Waals surface area contributed by atoms with Gasteiger partial charge in [-0.25, -0.2) is 0 Å². The Labute approximate surface area is 157 Å². The standard InChI is InChI=1S/C17H22N4O2S.ClH/c1-2-6-13-15(24-21-20-13)16(23)19-17(9-10-18-11-14(17)22)12-7-4-3-5-8-12;/h3-5,7-8,14,18,22H,2,6,9-11H2,1H3,(H,19,23);1H/t14-,17+;/m1./s1. The number of nitrogens with zero attached hydrogens (tertiary/aromatic N) is 2. The highest BCUT2D eigenvalue weighted by Gasteiger charge is 2.43. The van der Waals surface area contributed by atoms with E-state index < -0.39 is 11.6 Å². The number of carbonyl (C=O) groups excluding carboxylic acids is 1. The van der Waals surface area contributed by atoms with Crippen molar-refractivity contribution in [1.82, 2.24) is 20.2 Å². The van der Waals surface area contributed by atoms with Gasteiger partial charge in [0.05, 0.1) is 17.3 Å². The second kappa shape index (κ2) is 8.71. The molecule has 1 saturated heterocycles. The van der Waals surface area contributed by atoms with Gasteiger partial charge >= 0.3 is 0 Å². The van der Waals surface area contributed by atoms with Gasteiger partial charge in [0, 0.05) is 6.54 Å². The molecule has 0 bridgehead atoms. The third-order valence-electron chi connectivity index (χ3n) is 4.48. The van der Waals surface area contributed by atoms with E-state index in [0.29, 0.717) is 17.8 Å². The van der Waals surface area contributed by atoms with Crippen molar-refractivity contribution >= 4 is 29.8 Å². The number of aliphatic hydroxyl groups is 1. The van der Waals surface area contributed by atoms with E-state index in [-0.39, 0.29) is 18.3 Å². The number of hydrogen-bond acceptors (Lipinski definition) is 6. The van der Waals surface area contributed by atoms with Crippen LogP contribution < -0.4 is 10.6 Å². The lowest BCUT2D eigenvalue weighted by Crippen LogP contribution is -2.61. The molecule has 2 aromatic rings. The smallest absolute Gasteiger partial charge is 0.265 e. The molecule has 3 N–H and O–H groups in total. The Kier molecular flexibility index (Phi) is 6.89. The van der Waals surface area contributed by atoms with Gasteiger partial charge in [-0.15, -0.1) is 17.5 Å². The van der Waals surface area contributed by atoms with Gasteiger partial charge in [-0.05, 0) is 36.5 Å². The minimum Gasteiger partial charge on any atom is -0.389 e. The van der Waals surface area contributed by atoms with E-state index in [0.717, 1.165) is 42.2 Å². The molecule has 8 heteroatoms. The molecule has 0 unspecified atom stereocenters. The van der Waals surface area contributed by atoms with E-state index in [4.69, 9.17) is 0 Å². The Morgan fingerprint density at radius 3 is 2.88 bits per heavy atom. The molecule has 136 valence electrons. The van der Waals surface area contributed by atoms with Crippen LogP contribution >= 0.6 is 23.9 Å². The zero-order valence-electron chi connectivity index (χ0n) is 14.1. The van der Waals surface area contributed by atoms with Crippen molar-refractivity contribution in [2.24, 2.45) is 0 Å². The van der Waals surface area contributed by atoms with Crippen LogP contribution in [0, 0.1) is 0 Å². The summed E-state index contributed by atoms with van der Waals surface area (Å²) in [5.74, 6) is -0.210. The van der Waals surface area contributed by atoms with Crippen LogP contribution in [0.4, 0.5) is 0 Å². The third kappa shape index (κ3) is 4.00. The molecule has 2 heterocycles. The van der Waals surface area contributed by atoms with Gasteiger partial charge in [0.2, 0.25) is 0 Å². The Bertz CT molecular complexity index is 697. The van der Waals surface area contributed by atoms with Gasteiger partial charge in [0.1, 0.15) is 4.88 Å². The Hall–Kier alpha value is -1.54. The molecule has 1 aromatic carbocycles. The van der Waals surface area contributed by atoms with E-state index >= 15 is 0 Å². The molecule has 0 spiro atoms. The fraction of sp³-hybridized carbons (Fsp3) is 0.471. The van der Waals surface area contributed by atoms with Gasteiger partial charge in [0.25, 0.3) is 5.91 Å². The Morgan fingerprint density at radius 2 is 2.20 bits per heavy atom. The maximum Gasteiger partial charge on any atom is 0.265 e. The van der Waals surface area contributed by atoms with Crippen LogP contribution in [-0.2, 0) is 12.0 Å². The Morgan fingerprint density at radius 1 is 1.44 bits per heavy atom. The number of amides is 1. The predicted octanol–water partition coefficient (Wildman–Crippen LogP) is 1.89. The molecule has 25 heavy (non-hydrogen) atoms. The quantitative estimate of drug-likeness (QED) is 0.735. The summed E-state index contributed by atoms with van der Waals surface area (Å²) < 4.78 is 3.93. The van der Waals surface area contributed by atoms with Gasteiger partial charge in [0.15, 0.2) is 0 Å². The number of benzene rings is 1. The minimum atomic E-state index is -0.795. The molecule has 1 aliphatic heterocycles. The first-order valence-corrected chi connectivity index (χ1v) is 9.02. The van der Waals surface area contributed by atoms with Gasteiger partial charge in [-0.3, -0.25) is 4.79 Å². The molecule has 1 aliphatic rings. The molecule has 0 radical (unpaired) electrons. The topological polar surface area (TPSA) is 87.1 Å². The first kappa shape index (κ1) is 19.8. The van der Waals surface area contributed by atoms with Gasteiger partial charge < -0.3 is 15.7 Å². The van der Waals surface area contributed by atoms with Crippen LogP contribution in [0.2, 0.25) is 0 Å². The molecule has 2 atom stereocenters. The predicted molar refractivity (Wildman–Crippen MR) is 100 cm³/mol. The molecule has 6 nitrogen and oxygen atoms in total. The second-order valence-corrected chi connectivity index (χ2v) is 6.81. The van der Waals surface area contributed by atoms with E-state index in [1.54, 1.807) is 0 Å². The number of carbonyl (C=O) groups is 1. The highest BCUT2D eigenvalue weighted by Crippen LogP contribution is 2.32. The average molecular weight is 383 g/mol. The minimum absolute atomic E-state index is 0. The van der Waals surface area contributed by atoms with Crippen LogP contribution in [0.5, 0.6) is 0 Å². The molecule has 1 aromatic heterocycles. The molecule has 3 rings (SSSR count). The summed E-state index contributed by atoms with van der Waals surface area (Å²) in [6.07, 6.45) is 1.55. The van der Waals surface area contributed by atoms with Crippen LogP contribution in [0.3, 0.4) is 0 Å². The lowest BCUT2D eigenvalue weighted by atomic mass is 9.79. The number of nitrogens with one attached hydrogen (secondary N) is 2. The zero-order chi connectivity index (χ0) is 17.0. The summed E-state index contributed by atoms with van der Waals surface area (Å²) in [6, 6.07) is 9.68. The van der Waals surface area contributed by atoms with Crippen LogP contribution in [0.25, 0.3) is 0 Å². The second-order valence-electron chi connectivity index (χ2n) is 6.06. The molecule has 1 fully saturated rings. The zero-order valence-corrected chi connectivity index (χ0v) is 15.7. The normalized spacial score (nSPS) is 22.9. The van der Waals surface area contributed by atoms with E-state index in [1.165, 1.54) is 0 Å². The summed E-state index contributed by atoms with van der Waals surface area (Å²) >= 11 is 1.11. The number of β-amino-alcohol motifs (C(OH)–C–C–N with tert-alkyl or cyclic N) is 1. The third-order valence-corrected chi connectivity index (χ3v) is 5.24. The number of hydrogen-bond donors (Lipinski definition) is 3. The lowest BCUT2D eigenvalue weighted by molar-refractivity contribution is 0.0291. The van der Waals surface area contributed by atoms with Gasteiger partial charge in [-0.1, -0.05) is 48.2 Å². The summed E-state index contributed by atoms with van der Waals surface area (Å²) in [5, 5.41) is 21.0. The van der Waals surface area contributed by atoms with E-state index in [1.807, 2.05) is 37.3 Å². The van der Waals surface area contributed by atoms with Crippen molar-refractivity contribution in [2.45, 2.75) is 37.8 Å². The maximum absolute atomic E-state index is 12.9. The van der Waals surface area contributed by atoms with Crippen molar-refractivity contribution in [1.29, 1.82) is 0 Å². The average Bonchev–Trinajstić information content (AvgIpc) is 3.06. The first-order valence-electron chi connectivity index (χ1n) is 8.25. The number of aliphatic hydroxyl groups excluding tert-OH is 1. The van der Waals surface area contributed by atoms with Crippen molar-refractivity contribution in [3.05, 3.63) is 46.5 Å². The summed E-state index contributed by atoms with van der Waals surface area (Å²) in [5.41, 5.74) is 0.852. The largest absolute Gasteiger partial charge is 0.389 e. The summed E-state index contributed by atoms with van der Waals surface area (Å²) in [6.45, 7) is 3.22. The molecular weight excluding hydrogens is 360 g/mol. The number of halogens is 1. The van der Waals surface area contributed by atoms with Crippen molar-refractivity contribution in [2.75, 3.05) is 13.1 Å². The molecule has 1 amide bonds. The van der Waals surface area contributed by atoms with E-state index in [9.17, 15) is 9.90 Å². The summed E-state index contributed by atoms with van der Waals surface area (Å²) in [7, 11) is 0. The fourth-order valence-corrected chi connectivity index (χ4v) is 3.80.